The number of aliphatic hydroxyl groups excluding tert-OH is 1. The summed E-state index contributed by atoms with van der Waals surface area (Å²) in [5, 5.41) is 9.80. The van der Waals surface area contributed by atoms with Gasteiger partial charge in [-0.1, -0.05) is 32.1 Å². The summed E-state index contributed by atoms with van der Waals surface area (Å²) >= 11 is 0. The molecule has 1 aromatic carbocycles. The molecule has 0 radical (unpaired) electrons. The van der Waals surface area contributed by atoms with Gasteiger partial charge >= 0.3 is 0 Å². The first-order valence-corrected chi connectivity index (χ1v) is 6.14. The summed E-state index contributed by atoms with van der Waals surface area (Å²) in [6.45, 7) is 5.58. The highest BCUT2D eigenvalue weighted by Crippen LogP contribution is 2.40. The molecule has 3 heteroatoms. The third kappa shape index (κ3) is 2.46. The highest BCUT2D eigenvalue weighted by Gasteiger charge is 2.29. The smallest absolute Gasteiger partial charge is 0.166 e. The van der Waals surface area contributed by atoms with Gasteiger partial charge in [0.2, 0.25) is 0 Å². The van der Waals surface area contributed by atoms with Gasteiger partial charge < -0.3 is 5.11 Å². The first kappa shape index (κ1) is 13.2. The van der Waals surface area contributed by atoms with Gasteiger partial charge in [-0.3, -0.25) is 0 Å². The Labute approximate surface area is 106 Å². The van der Waals surface area contributed by atoms with E-state index in [1.54, 1.807) is 18.2 Å². The van der Waals surface area contributed by atoms with E-state index >= 15 is 0 Å². The molecule has 1 aliphatic rings. The van der Waals surface area contributed by atoms with E-state index in [1.807, 2.05) is 13.8 Å². The molecule has 2 rings (SSSR count). The molecule has 0 aliphatic heterocycles. The quantitative estimate of drug-likeness (QED) is 0.805. The minimum atomic E-state index is -0.814. The molecule has 0 bridgehead atoms. The molecule has 1 aliphatic carbocycles. The van der Waals surface area contributed by atoms with Crippen LogP contribution in [0.2, 0.25) is 0 Å². The van der Waals surface area contributed by atoms with E-state index < -0.39 is 17.7 Å². The van der Waals surface area contributed by atoms with Crippen LogP contribution in [0, 0.1) is 24.0 Å². The zero-order valence-corrected chi connectivity index (χ0v) is 10.9. The van der Waals surface area contributed by atoms with Gasteiger partial charge in [-0.2, -0.15) is 0 Å². The summed E-state index contributed by atoms with van der Waals surface area (Å²) in [7, 11) is 0. The molecule has 18 heavy (non-hydrogen) atoms. The number of aliphatic hydroxyl groups is 1. The van der Waals surface area contributed by atoms with Crippen LogP contribution in [0.4, 0.5) is 8.78 Å². The number of halogens is 2. The predicted molar refractivity (Wildman–Crippen MR) is 68.1 cm³/mol. The van der Waals surface area contributed by atoms with Crippen molar-refractivity contribution in [3.8, 4) is 0 Å². The fourth-order valence-electron chi connectivity index (χ4n) is 2.58. The number of hydrogen-bond donors (Lipinski definition) is 1. The molecule has 1 atom stereocenters. The summed E-state index contributed by atoms with van der Waals surface area (Å²) < 4.78 is 27.5. The second kappa shape index (κ2) is 4.47. The molecule has 1 N–H and O–H groups in total. The average molecular weight is 252 g/mol. The van der Waals surface area contributed by atoms with E-state index in [0.717, 1.165) is 0 Å². The summed E-state index contributed by atoms with van der Waals surface area (Å²) in [6.07, 6.45) is 2.33. The van der Waals surface area contributed by atoms with E-state index in [9.17, 15) is 13.9 Å². The molecular weight excluding hydrogens is 234 g/mol. The van der Waals surface area contributed by atoms with Crippen molar-refractivity contribution in [2.24, 2.45) is 5.41 Å². The molecule has 0 aromatic heterocycles. The van der Waals surface area contributed by atoms with Gasteiger partial charge in [-0.05, 0) is 36.3 Å². The van der Waals surface area contributed by atoms with Crippen molar-refractivity contribution in [1.29, 1.82) is 0 Å². The summed E-state index contributed by atoms with van der Waals surface area (Å²) in [5.74, 6) is -1.61. The van der Waals surface area contributed by atoms with Crippen LogP contribution < -0.4 is 0 Å². The van der Waals surface area contributed by atoms with Crippen molar-refractivity contribution in [1.82, 2.24) is 0 Å². The first-order valence-electron chi connectivity index (χ1n) is 6.14. The highest BCUT2D eigenvalue weighted by molar-refractivity contribution is 5.68. The summed E-state index contributed by atoms with van der Waals surface area (Å²) in [6, 6.07) is 3.16. The van der Waals surface area contributed by atoms with Gasteiger partial charge in [-0.25, -0.2) is 8.78 Å². The molecule has 0 saturated carbocycles. The second-order valence-electron chi connectivity index (χ2n) is 5.86. The predicted octanol–water partition coefficient (Wildman–Crippen LogP) is 3.84. The van der Waals surface area contributed by atoms with Crippen molar-refractivity contribution in [3.05, 3.63) is 41.0 Å². The van der Waals surface area contributed by atoms with Crippen molar-refractivity contribution in [2.45, 2.75) is 39.7 Å². The Kier molecular flexibility index (Phi) is 3.28. The Morgan fingerprint density at radius 2 is 1.89 bits per heavy atom. The minimum Gasteiger partial charge on any atom is -0.389 e. The fourth-order valence-corrected chi connectivity index (χ4v) is 2.58. The second-order valence-corrected chi connectivity index (χ2v) is 5.86. The van der Waals surface area contributed by atoms with Crippen LogP contribution >= 0.6 is 0 Å². The number of allylic oxidation sites excluding steroid dienone is 1. The van der Waals surface area contributed by atoms with Crippen LogP contribution in [-0.2, 0) is 0 Å². The van der Waals surface area contributed by atoms with E-state index in [1.165, 1.54) is 6.92 Å². The Hall–Kier alpha value is -1.22. The van der Waals surface area contributed by atoms with Gasteiger partial charge in [0.05, 0.1) is 6.10 Å². The topological polar surface area (TPSA) is 20.2 Å². The molecule has 1 aromatic rings. The summed E-state index contributed by atoms with van der Waals surface area (Å²) in [4.78, 5) is 0. The lowest BCUT2D eigenvalue weighted by molar-refractivity contribution is 0.146. The Morgan fingerprint density at radius 1 is 1.22 bits per heavy atom. The van der Waals surface area contributed by atoms with Crippen LogP contribution in [0.15, 0.2) is 18.2 Å². The monoisotopic (exact) mass is 252 g/mol. The molecule has 0 saturated heterocycles. The van der Waals surface area contributed by atoms with Crippen LogP contribution in [0.25, 0.3) is 5.57 Å². The molecule has 0 heterocycles. The van der Waals surface area contributed by atoms with Gasteiger partial charge in [0.15, 0.2) is 11.6 Å². The van der Waals surface area contributed by atoms with Crippen molar-refractivity contribution in [3.63, 3.8) is 0 Å². The minimum absolute atomic E-state index is 0.0999. The largest absolute Gasteiger partial charge is 0.389 e. The lowest BCUT2D eigenvalue weighted by Gasteiger charge is -2.32. The van der Waals surface area contributed by atoms with Gasteiger partial charge in [-0.15, -0.1) is 0 Å². The lowest BCUT2D eigenvalue weighted by Crippen LogP contribution is -2.24. The maximum Gasteiger partial charge on any atom is 0.166 e. The van der Waals surface area contributed by atoms with E-state index in [-0.39, 0.29) is 11.0 Å². The Bertz CT molecular complexity index is 503. The third-order valence-corrected chi connectivity index (χ3v) is 3.45. The van der Waals surface area contributed by atoms with Gasteiger partial charge in [0.1, 0.15) is 0 Å². The Morgan fingerprint density at radius 3 is 2.50 bits per heavy atom. The molecule has 1 nitrogen and oxygen atoms in total. The molecular formula is C15H18F2O. The van der Waals surface area contributed by atoms with E-state index in [2.05, 4.69) is 0 Å². The number of benzene rings is 1. The van der Waals surface area contributed by atoms with Crippen LogP contribution in [-0.4, -0.2) is 11.2 Å². The standard InChI is InChI=1S/C15H18F2O/c1-9-4-5-12(14(17)13(9)16)10-6-11(18)8-15(2,3)7-10/h4-6,11,18H,7-8H2,1-3H3. The fraction of sp³-hybridized carbons (Fsp3) is 0.467. The number of aryl methyl sites for hydroxylation is 1. The number of hydrogen-bond acceptors (Lipinski definition) is 1. The zero-order valence-electron chi connectivity index (χ0n) is 10.9. The van der Waals surface area contributed by atoms with E-state index in [4.69, 9.17) is 0 Å². The molecule has 0 fully saturated rings. The number of rotatable bonds is 1. The van der Waals surface area contributed by atoms with Crippen molar-refractivity contribution < 1.29 is 13.9 Å². The Balaban J connectivity index is 2.47. The van der Waals surface area contributed by atoms with Gasteiger partial charge in [0, 0.05) is 5.56 Å². The van der Waals surface area contributed by atoms with Gasteiger partial charge in [0.25, 0.3) is 0 Å². The maximum atomic E-state index is 13.9. The molecule has 0 spiro atoms. The normalized spacial score (nSPS) is 22.8. The summed E-state index contributed by atoms with van der Waals surface area (Å²) in [5.41, 5.74) is 1.16. The zero-order chi connectivity index (χ0) is 13.5. The molecule has 98 valence electrons. The maximum absolute atomic E-state index is 13.9. The van der Waals surface area contributed by atoms with Crippen LogP contribution in [0.3, 0.4) is 0 Å². The highest BCUT2D eigenvalue weighted by atomic mass is 19.2. The first-order chi connectivity index (χ1) is 8.30. The molecule has 0 amide bonds. The van der Waals surface area contributed by atoms with Crippen molar-refractivity contribution in [2.75, 3.05) is 0 Å². The van der Waals surface area contributed by atoms with Crippen LogP contribution in [0.1, 0.15) is 37.8 Å². The van der Waals surface area contributed by atoms with Crippen LogP contribution in [0.5, 0.6) is 0 Å². The average Bonchev–Trinajstić information content (AvgIpc) is 2.23. The van der Waals surface area contributed by atoms with E-state index in [0.29, 0.717) is 24.0 Å². The SMILES string of the molecule is Cc1ccc(C2=CC(O)CC(C)(C)C2)c(F)c1F. The lowest BCUT2D eigenvalue weighted by atomic mass is 9.74. The molecule has 1 unspecified atom stereocenters. The third-order valence-electron chi connectivity index (χ3n) is 3.45. The van der Waals surface area contributed by atoms with Crippen molar-refractivity contribution >= 4 is 5.57 Å².